The maximum absolute atomic E-state index is 13.1. The quantitative estimate of drug-likeness (QED) is 0.780. The van der Waals surface area contributed by atoms with Crippen molar-refractivity contribution in [2.45, 2.75) is 25.6 Å². The zero-order valence-electron chi connectivity index (χ0n) is 15.6. The number of nitrogens with zero attached hydrogens (tertiary/aromatic N) is 2. The van der Waals surface area contributed by atoms with Gasteiger partial charge in [-0.25, -0.2) is 4.39 Å². The first-order chi connectivity index (χ1) is 13.1. The van der Waals surface area contributed by atoms with Crippen molar-refractivity contribution in [3.63, 3.8) is 0 Å². The maximum Gasteiger partial charge on any atom is 0.127 e. The number of phenolic OH excluding ortho intramolecular Hbond substituents is 1. The minimum absolute atomic E-state index is 0.123. The number of halogens is 1. The molecule has 27 heavy (non-hydrogen) atoms. The average Bonchev–Trinajstić information content (AvgIpc) is 2.67. The van der Waals surface area contributed by atoms with Gasteiger partial charge in [0.05, 0.1) is 7.11 Å². The fourth-order valence-corrected chi connectivity index (χ4v) is 3.68. The fourth-order valence-electron chi connectivity index (χ4n) is 3.68. The first-order valence-electron chi connectivity index (χ1n) is 9.27. The zero-order valence-corrected chi connectivity index (χ0v) is 15.6. The smallest absolute Gasteiger partial charge is 0.127 e. The summed E-state index contributed by atoms with van der Waals surface area (Å²) < 4.78 is 18.5. The Bertz CT molecular complexity index is 739. The Hall–Kier alpha value is -2.15. The molecule has 1 atom stereocenters. The Balaban J connectivity index is 1.68. The summed E-state index contributed by atoms with van der Waals surface area (Å²) in [5, 5.41) is 19.7. The van der Waals surface area contributed by atoms with Crippen molar-refractivity contribution in [1.29, 1.82) is 0 Å². The molecule has 5 nitrogen and oxygen atoms in total. The van der Waals surface area contributed by atoms with Crippen LogP contribution in [0.25, 0.3) is 0 Å². The number of phenols is 1. The summed E-state index contributed by atoms with van der Waals surface area (Å²) in [6.45, 7) is 3.94. The molecule has 2 aromatic carbocycles. The van der Waals surface area contributed by atoms with Crippen LogP contribution in [0.4, 0.5) is 4.39 Å². The number of piperazine rings is 1. The average molecular weight is 374 g/mol. The van der Waals surface area contributed by atoms with Gasteiger partial charge in [0.1, 0.15) is 17.3 Å². The molecule has 0 aliphatic carbocycles. The van der Waals surface area contributed by atoms with E-state index in [0.29, 0.717) is 18.7 Å². The SMILES string of the molecule is COc1cccc(O)c1CN1CCN(Cc2ccc(F)cc2)C(CCO)C1. The Labute approximate surface area is 159 Å². The molecule has 2 aromatic rings. The van der Waals surface area contributed by atoms with Crippen molar-refractivity contribution >= 4 is 0 Å². The van der Waals surface area contributed by atoms with E-state index >= 15 is 0 Å². The first kappa shape index (κ1) is 19.6. The summed E-state index contributed by atoms with van der Waals surface area (Å²) in [6.07, 6.45) is 0.676. The molecule has 0 aromatic heterocycles. The third-order valence-electron chi connectivity index (χ3n) is 5.16. The normalized spacial score (nSPS) is 18.6. The van der Waals surface area contributed by atoms with Gasteiger partial charge >= 0.3 is 0 Å². The van der Waals surface area contributed by atoms with E-state index in [2.05, 4.69) is 9.80 Å². The molecule has 0 radical (unpaired) electrons. The largest absolute Gasteiger partial charge is 0.507 e. The molecule has 1 unspecified atom stereocenters. The van der Waals surface area contributed by atoms with Crippen molar-refractivity contribution in [2.75, 3.05) is 33.4 Å². The highest BCUT2D eigenvalue weighted by atomic mass is 19.1. The number of methoxy groups -OCH3 is 1. The molecule has 6 heteroatoms. The molecular weight excluding hydrogens is 347 g/mol. The van der Waals surface area contributed by atoms with Crippen LogP contribution in [0.2, 0.25) is 0 Å². The van der Waals surface area contributed by atoms with Crippen LogP contribution in [0, 0.1) is 5.82 Å². The van der Waals surface area contributed by atoms with Gasteiger partial charge in [-0.3, -0.25) is 9.80 Å². The molecule has 0 saturated carbocycles. The lowest BCUT2D eigenvalue weighted by molar-refractivity contribution is 0.0492. The summed E-state index contributed by atoms with van der Waals surface area (Å²) in [4.78, 5) is 4.61. The van der Waals surface area contributed by atoms with Gasteiger partial charge in [-0.05, 0) is 36.2 Å². The van der Waals surface area contributed by atoms with E-state index in [1.165, 1.54) is 12.1 Å². The summed E-state index contributed by atoms with van der Waals surface area (Å²) in [6, 6.07) is 12.1. The standard InChI is InChI=1S/C21H27FN2O3/c1-27-21-4-2-3-20(26)19(21)15-23-10-11-24(18(14-23)9-12-25)13-16-5-7-17(22)8-6-16/h2-8,18,25-26H,9-15H2,1H3. The van der Waals surface area contributed by atoms with Gasteiger partial charge in [0.15, 0.2) is 0 Å². The third kappa shape index (κ3) is 4.97. The van der Waals surface area contributed by atoms with Gasteiger partial charge < -0.3 is 14.9 Å². The van der Waals surface area contributed by atoms with Crippen LogP contribution in [0.1, 0.15) is 17.5 Å². The molecule has 0 bridgehead atoms. The number of aromatic hydroxyl groups is 1. The summed E-state index contributed by atoms with van der Waals surface area (Å²) in [7, 11) is 1.60. The summed E-state index contributed by atoms with van der Waals surface area (Å²) in [5.41, 5.74) is 1.85. The van der Waals surface area contributed by atoms with Crippen LogP contribution < -0.4 is 4.74 Å². The van der Waals surface area contributed by atoms with Gasteiger partial charge in [-0.1, -0.05) is 18.2 Å². The number of benzene rings is 2. The zero-order chi connectivity index (χ0) is 19.2. The number of aliphatic hydroxyl groups excluding tert-OH is 1. The minimum Gasteiger partial charge on any atom is -0.507 e. The van der Waals surface area contributed by atoms with Gasteiger partial charge in [-0.15, -0.1) is 0 Å². The molecular formula is C21H27FN2O3. The van der Waals surface area contributed by atoms with E-state index in [4.69, 9.17) is 4.74 Å². The number of aliphatic hydroxyl groups is 1. The van der Waals surface area contributed by atoms with Gasteiger partial charge in [0.2, 0.25) is 0 Å². The number of hydrogen-bond acceptors (Lipinski definition) is 5. The lowest BCUT2D eigenvalue weighted by Gasteiger charge is -2.41. The monoisotopic (exact) mass is 374 g/mol. The van der Waals surface area contributed by atoms with E-state index in [1.54, 1.807) is 19.2 Å². The Kier molecular flexibility index (Phi) is 6.66. The molecule has 1 saturated heterocycles. The van der Waals surface area contributed by atoms with Crippen molar-refractivity contribution in [3.8, 4) is 11.5 Å². The topological polar surface area (TPSA) is 56.2 Å². The predicted molar refractivity (Wildman–Crippen MR) is 102 cm³/mol. The molecule has 1 heterocycles. The predicted octanol–water partition coefficient (Wildman–Crippen LogP) is 2.61. The van der Waals surface area contributed by atoms with E-state index in [1.807, 2.05) is 18.2 Å². The van der Waals surface area contributed by atoms with E-state index in [9.17, 15) is 14.6 Å². The van der Waals surface area contributed by atoms with Crippen molar-refractivity contribution in [1.82, 2.24) is 9.80 Å². The Morgan fingerprint density at radius 1 is 1.11 bits per heavy atom. The molecule has 1 aliphatic heterocycles. The van der Waals surface area contributed by atoms with Gasteiger partial charge in [-0.2, -0.15) is 0 Å². The first-order valence-corrected chi connectivity index (χ1v) is 9.27. The van der Waals surface area contributed by atoms with Gasteiger partial charge in [0, 0.05) is 50.9 Å². The molecule has 0 spiro atoms. The second-order valence-electron chi connectivity index (χ2n) is 6.96. The molecule has 2 N–H and O–H groups in total. The molecule has 146 valence electrons. The summed E-state index contributed by atoms with van der Waals surface area (Å²) in [5.74, 6) is 0.691. The molecule has 0 amide bonds. The molecule has 3 rings (SSSR count). The van der Waals surface area contributed by atoms with E-state index in [-0.39, 0.29) is 24.2 Å². The van der Waals surface area contributed by atoms with Crippen LogP contribution in [-0.2, 0) is 13.1 Å². The van der Waals surface area contributed by atoms with Crippen molar-refractivity contribution in [2.24, 2.45) is 0 Å². The molecule has 1 fully saturated rings. The van der Waals surface area contributed by atoms with E-state index < -0.39 is 0 Å². The van der Waals surface area contributed by atoms with Gasteiger partial charge in [0.25, 0.3) is 0 Å². The highest BCUT2D eigenvalue weighted by molar-refractivity contribution is 5.43. The van der Waals surface area contributed by atoms with Crippen molar-refractivity contribution in [3.05, 3.63) is 59.4 Å². The van der Waals surface area contributed by atoms with Crippen LogP contribution in [0.5, 0.6) is 11.5 Å². The van der Waals surface area contributed by atoms with Crippen molar-refractivity contribution < 1.29 is 19.3 Å². The third-order valence-corrected chi connectivity index (χ3v) is 5.16. The Morgan fingerprint density at radius 3 is 2.59 bits per heavy atom. The number of ether oxygens (including phenoxy) is 1. The number of rotatable bonds is 7. The van der Waals surface area contributed by atoms with Crippen LogP contribution in [0.15, 0.2) is 42.5 Å². The fraction of sp³-hybridized carbons (Fsp3) is 0.429. The second kappa shape index (κ2) is 9.17. The highest BCUT2D eigenvalue weighted by Gasteiger charge is 2.27. The Morgan fingerprint density at radius 2 is 1.89 bits per heavy atom. The van der Waals surface area contributed by atoms with Crippen LogP contribution in [0.3, 0.4) is 0 Å². The van der Waals surface area contributed by atoms with Crippen LogP contribution >= 0.6 is 0 Å². The van der Waals surface area contributed by atoms with Crippen LogP contribution in [-0.4, -0.2) is 59.4 Å². The second-order valence-corrected chi connectivity index (χ2v) is 6.96. The maximum atomic E-state index is 13.1. The van der Waals surface area contributed by atoms with E-state index in [0.717, 1.165) is 37.3 Å². The highest BCUT2D eigenvalue weighted by Crippen LogP contribution is 2.29. The number of hydrogen-bond donors (Lipinski definition) is 2. The lowest BCUT2D eigenvalue weighted by Crippen LogP contribution is -2.52. The minimum atomic E-state index is -0.230. The lowest BCUT2D eigenvalue weighted by atomic mass is 10.1. The molecule has 1 aliphatic rings. The summed E-state index contributed by atoms with van der Waals surface area (Å²) >= 11 is 0.